The average Bonchev–Trinajstić information content (AvgIpc) is 3.54. The van der Waals surface area contributed by atoms with Crippen LogP contribution in [-0.4, -0.2) is 48.7 Å². The molecule has 1 aliphatic heterocycles. The van der Waals surface area contributed by atoms with Crippen LogP contribution in [0.5, 0.6) is 5.75 Å². The van der Waals surface area contributed by atoms with E-state index in [0.717, 1.165) is 54.7 Å². The third kappa shape index (κ3) is 5.31. The quantitative estimate of drug-likeness (QED) is 0.369. The highest BCUT2D eigenvalue weighted by molar-refractivity contribution is 7.17. The zero-order valence-corrected chi connectivity index (χ0v) is 20.7. The predicted octanol–water partition coefficient (Wildman–Crippen LogP) is 5.11. The number of fused-ring (bicyclic) bond motifs is 1. The number of rotatable bonds is 8. The van der Waals surface area contributed by atoms with Gasteiger partial charge in [-0.1, -0.05) is 24.3 Å². The van der Waals surface area contributed by atoms with E-state index in [1.54, 1.807) is 17.5 Å². The van der Waals surface area contributed by atoms with Crippen LogP contribution in [0, 0.1) is 0 Å². The van der Waals surface area contributed by atoms with Gasteiger partial charge in [0.15, 0.2) is 6.61 Å². The Bertz CT molecular complexity index is 1250. The second-order valence-corrected chi connectivity index (χ2v) is 10.1. The Kier molecular flexibility index (Phi) is 7.20. The van der Waals surface area contributed by atoms with Crippen LogP contribution in [0.15, 0.2) is 59.4 Å². The monoisotopic (exact) mass is 493 g/mol. The first-order chi connectivity index (χ1) is 16.7. The standard InChI is InChI=1S/C26H27N3O3S2/c1-18(26-27-8-13-33-26)28-25(30)16-32-23-7-6-19(14-20(23)15-29-9-11-31-12-10-29)22-17-34-24-5-3-2-4-21(22)24/h2-8,13-14,17-18H,9-12,15-16H2,1H3,(H,28,30)/t18-/m0/s1. The summed E-state index contributed by atoms with van der Waals surface area (Å²) >= 11 is 3.29. The summed E-state index contributed by atoms with van der Waals surface area (Å²) in [6.07, 6.45) is 1.75. The number of amides is 1. The maximum Gasteiger partial charge on any atom is 0.258 e. The number of carbonyl (C=O) groups is 1. The fourth-order valence-electron chi connectivity index (χ4n) is 4.15. The molecule has 0 spiro atoms. The molecule has 34 heavy (non-hydrogen) atoms. The minimum atomic E-state index is -0.159. The van der Waals surface area contributed by atoms with Gasteiger partial charge in [-0.05, 0) is 36.1 Å². The van der Waals surface area contributed by atoms with Crippen LogP contribution in [0.2, 0.25) is 0 Å². The van der Waals surface area contributed by atoms with Crippen molar-refractivity contribution in [2.45, 2.75) is 19.5 Å². The van der Waals surface area contributed by atoms with Gasteiger partial charge in [0.1, 0.15) is 10.8 Å². The lowest BCUT2D eigenvalue weighted by atomic mass is 10.0. The first kappa shape index (κ1) is 23.0. The maximum atomic E-state index is 12.5. The molecule has 3 heterocycles. The van der Waals surface area contributed by atoms with Crippen LogP contribution in [-0.2, 0) is 16.1 Å². The van der Waals surface area contributed by atoms with Gasteiger partial charge in [0.2, 0.25) is 0 Å². The molecule has 0 radical (unpaired) electrons. The molecular formula is C26H27N3O3S2. The summed E-state index contributed by atoms with van der Waals surface area (Å²) in [7, 11) is 0. The van der Waals surface area contributed by atoms with Crippen molar-refractivity contribution in [3.63, 3.8) is 0 Å². The number of nitrogens with zero attached hydrogens (tertiary/aromatic N) is 2. The molecule has 4 aromatic rings. The summed E-state index contributed by atoms with van der Waals surface area (Å²) < 4.78 is 12.8. The first-order valence-corrected chi connectivity index (χ1v) is 13.1. The lowest BCUT2D eigenvalue weighted by Gasteiger charge is -2.27. The van der Waals surface area contributed by atoms with Crippen LogP contribution in [0.1, 0.15) is 23.5 Å². The Morgan fingerprint density at radius 1 is 1.21 bits per heavy atom. The van der Waals surface area contributed by atoms with Gasteiger partial charge >= 0.3 is 0 Å². The minimum absolute atomic E-state index is 0.0352. The van der Waals surface area contributed by atoms with Crippen molar-refractivity contribution in [1.29, 1.82) is 0 Å². The molecule has 176 valence electrons. The van der Waals surface area contributed by atoms with Gasteiger partial charge in [-0.15, -0.1) is 22.7 Å². The van der Waals surface area contributed by atoms with Crippen molar-refractivity contribution in [3.05, 3.63) is 70.0 Å². The highest BCUT2D eigenvalue weighted by atomic mass is 32.1. The van der Waals surface area contributed by atoms with Gasteiger partial charge in [0, 0.05) is 52.4 Å². The number of benzene rings is 2. The van der Waals surface area contributed by atoms with E-state index in [9.17, 15) is 4.79 Å². The van der Waals surface area contributed by atoms with E-state index in [1.165, 1.54) is 27.0 Å². The van der Waals surface area contributed by atoms with Crippen molar-refractivity contribution in [2.75, 3.05) is 32.9 Å². The summed E-state index contributed by atoms with van der Waals surface area (Å²) in [6, 6.07) is 14.6. The highest BCUT2D eigenvalue weighted by Crippen LogP contribution is 2.36. The molecule has 1 aliphatic rings. The van der Waals surface area contributed by atoms with E-state index >= 15 is 0 Å². The smallest absolute Gasteiger partial charge is 0.258 e. The average molecular weight is 494 g/mol. The molecule has 1 N–H and O–H groups in total. The molecule has 1 fully saturated rings. The molecule has 6 nitrogen and oxygen atoms in total. The van der Waals surface area contributed by atoms with Gasteiger partial charge in [0.05, 0.1) is 19.3 Å². The van der Waals surface area contributed by atoms with Crippen LogP contribution >= 0.6 is 22.7 Å². The summed E-state index contributed by atoms with van der Waals surface area (Å²) in [5.41, 5.74) is 3.47. The lowest BCUT2D eigenvalue weighted by Crippen LogP contribution is -2.36. The normalized spacial score (nSPS) is 15.3. The fourth-order valence-corrected chi connectivity index (χ4v) is 5.77. The lowest BCUT2D eigenvalue weighted by molar-refractivity contribution is -0.123. The Hall–Kier alpha value is -2.78. The highest BCUT2D eigenvalue weighted by Gasteiger charge is 2.17. The van der Waals surface area contributed by atoms with Crippen LogP contribution < -0.4 is 10.1 Å². The van der Waals surface area contributed by atoms with E-state index in [2.05, 4.69) is 57.0 Å². The molecule has 0 bridgehead atoms. The van der Waals surface area contributed by atoms with Crippen LogP contribution in [0.25, 0.3) is 21.2 Å². The molecular weight excluding hydrogens is 466 g/mol. The van der Waals surface area contributed by atoms with E-state index in [1.807, 2.05) is 18.4 Å². The number of thiophene rings is 1. The molecule has 5 rings (SSSR count). The Morgan fingerprint density at radius 3 is 2.88 bits per heavy atom. The molecule has 0 saturated carbocycles. The molecule has 0 aliphatic carbocycles. The van der Waals surface area contributed by atoms with Crippen molar-refractivity contribution < 1.29 is 14.3 Å². The number of morpholine rings is 1. The summed E-state index contributed by atoms with van der Waals surface area (Å²) in [5, 5.41) is 9.23. The van der Waals surface area contributed by atoms with Gasteiger partial charge in [0.25, 0.3) is 5.91 Å². The minimum Gasteiger partial charge on any atom is -0.483 e. The molecule has 8 heteroatoms. The number of thiazole rings is 1. The summed E-state index contributed by atoms with van der Waals surface area (Å²) in [6.45, 7) is 5.90. The number of carbonyl (C=O) groups excluding carboxylic acids is 1. The Morgan fingerprint density at radius 2 is 2.06 bits per heavy atom. The Labute approximate surface area is 207 Å². The van der Waals surface area contributed by atoms with Crippen molar-refractivity contribution in [2.24, 2.45) is 0 Å². The topological polar surface area (TPSA) is 63.7 Å². The zero-order valence-electron chi connectivity index (χ0n) is 19.0. The predicted molar refractivity (Wildman–Crippen MR) is 138 cm³/mol. The molecule has 2 aromatic carbocycles. The number of nitrogens with one attached hydrogen (secondary N) is 1. The zero-order chi connectivity index (χ0) is 23.3. The molecule has 1 atom stereocenters. The van der Waals surface area contributed by atoms with Gasteiger partial charge < -0.3 is 14.8 Å². The summed E-state index contributed by atoms with van der Waals surface area (Å²) in [4.78, 5) is 19.2. The van der Waals surface area contributed by atoms with Crippen LogP contribution in [0.4, 0.5) is 0 Å². The molecule has 1 saturated heterocycles. The largest absolute Gasteiger partial charge is 0.483 e. The van der Waals surface area contributed by atoms with E-state index in [4.69, 9.17) is 9.47 Å². The van der Waals surface area contributed by atoms with Gasteiger partial charge in [-0.2, -0.15) is 0 Å². The first-order valence-electron chi connectivity index (χ1n) is 11.4. The number of aromatic nitrogens is 1. The van der Waals surface area contributed by atoms with Crippen molar-refractivity contribution in [3.8, 4) is 16.9 Å². The molecule has 2 aromatic heterocycles. The van der Waals surface area contributed by atoms with E-state index in [-0.39, 0.29) is 18.6 Å². The van der Waals surface area contributed by atoms with Crippen molar-refractivity contribution >= 4 is 38.7 Å². The van der Waals surface area contributed by atoms with E-state index in [0.29, 0.717) is 0 Å². The van der Waals surface area contributed by atoms with Crippen LogP contribution in [0.3, 0.4) is 0 Å². The maximum absolute atomic E-state index is 12.5. The third-order valence-corrected chi connectivity index (χ3v) is 7.83. The molecule has 0 unspecified atom stereocenters. The number of hydrogen-bond donors (Lipinski definition) is 1. The van der Waals surface area contributed by atoms with E-state index < -0.39 is 0 Å². The SMILES string of the molecule is C[C@H](NC(=O)COc1ccc(-c2csc3ccccc23)cc1CN1CCOCC1)c1nccs1. The second-order valence-electron chi connectivity index (χ2n) is 8.30. The third-order valence-electron chi connectivity index (χ3n) is 5.91. The van der Waals surface area contributed by atoms with Gasteiger partial charge in [-0.3, -0.25) is 9.69 Å². The Balaban J connectivity index is 1.35. The number of ether oxygens (including phenoxy) is 2. The number of hydrogen-bond acceptors (Lipinski definition) is 7. The fraction of sp³-hybridized carbons (Fsp3) is 0.308. The van der Waals surface area contributed by atoms with Crippen molar-refractivity contribution in [1.82, 2.24) is 15.2 Å². The second kappa shape index (κ2) is 10.7. The summed E-state index contributed by atoms with van der Waals surface area (Å²) in [5.74, 6) is 0.583. The van der Waals surface area contributed by atoms with Gasteiger partial charge in [-0.25, -0.2) is 4.98 Å². The molecule has 1 amide bonds.